The van der Waals surface area contributed by atoms with Crippen LogP contribution >= 0.6 is 0 Å². The molecule has 0 aromatic carbocycles. The molecule has 1 heterocycles. The van der Waals surface area contributed by atoms with Crippen molar-refractivity contribution >= 4 is 5.95 Å². The Hall–Kier alpha value is -1.27. The van der Waals surface area contributed by atoms with Crippen LogP contribution in [0.4, 0.5) is 5.95 Å². The maximum Gasteiger partial charge on any atom is 0.243 e. The number of nitrogens with zero attached hydrogens (tertiary/aromatic N) is 3. The van der Waals surface area contributed by atoms with Crippen LogP contribution in [0, 0.1) is 0 Å². The summed E-state index contributed by atoms with van der Waals surface area (Å²) >= 11 is 0. The summed E-state index contributed by atoms with van der Waals surface area (Å²) < 4.78 is 10.3. The molecule has 0 spiro atoms. The van der Waals surface area contributed by atoms with Gasteiger partial charge in [0.2, 0.25) is 5.95 Å². The van der Waals surface area contributed by atoms with Gasteiger partial charge in [-0.15, -0.1) is 5.10 Å². The first-order valence-electron chi connectivity index (χ1n) is 6.23. The molecule has 18 heavy (non-hydrogen) atoms. The van der Waals surface area contributed by atoms with Crippen LogP contribution < -0.4 is 5.32 Å². The Labute approximate surface area is 108 Å². The molecule has 0 saturated heterocycles. The molecular weight excluding hydrogens is 232 g/mol. The highest BCUT2D eigenvalue weighted by Gasteiger charge is 2.09. The fourth-order valence-corrected chi connectivity index (χ4v) is 1.61. The van der Waals surface area contributed by atoms with E-state index in [1.54, 1.807) is 14.2 Å². The lowest BCUT2D eigenvalue weighted by Gasteiger charge is -2.15. The average Bonchev–Trinajstić information content (AvgIpc) is 2.42. The largest absolute Gasteiger partial charge is 0.382 e. The van der Waals surface area contributed by atoms with E-state index in [1.165, 1.54) is 0 Å². The molecule has 1 unspecified atom stereocenters. The predicted octanol–water partition coefficient (Wildman–Crippen LogP) is 1.07. The molecule has 1 aromatic heterocycles. The van der Waals surface area contributed by atoms with E-state index in [2.05, 4.69) is 34.3 Å². The second-order valence-corrected chi connectivity index (χ2v) is 3.93. The first-order chi connectivity index (χ1) is 8.74. The number of ether oxygens (including phenoxy) is 2. The van der Waals surface area contributed by atoms with E-state index in [-0.39, 0.29) is 6.10 Å². The van der Waals surface area contributed by atoms with E-state index in [4.69, 9.17) is 9.47 Å². The zero-order chi connectivity index (χ0) is 13.4. The maximum absolute atomic E-state index is 5.25. The smallest absolute Gasteiger partial charge is 0.243 e. The highest BCUT2D eigenvalue weighted by molar-refractivity contribution is 5.25. The second kappa shape index (κ2) is 7.94. The fraction of sp³-hybridized carbons (Fsp3) is 0.750. The molecule has 102 valence electrons. The van der Waals surface area contributed by atoms with Gasteiger partial charge in [0.05, 0.1) is 24.1 Å². The molecule has 0 amide bonds. The topological polar surface area (TPSA) is 69.2 Å². The molecule has 1 rings (SSSR count). The van der Waals surface area contributed by atoms with Crippen LogP contribution in [0.2, 0.25) is 0 Å². The van der Waals surface area contributed by atoms with Crippen LogP contribution in [-0.4, -0.2) is 48.7 Å². The second-order valence-electron chi connectivity index (χ2n) is 3.93. The summed E-state index contributed by atoms with van der Waals surface area (Å²) in [4.78, 5) is 4.45. The molecule has 6 nitrogen and oxygen atoms in total. The molecule has 6 heteroatoms. The summed E-state index contributed by atoms with van der Waals surface area (Å²) in [6, 6.07) is 0. The van der Waals surface area contributed by atoms with Gasteiger partial charge in [-0.25, -0.2) is 4.98 Å². The molecule has 0 aliphatic rings. The third-order valence-electron chi connectivity index (χ3n) is 2.68. The number of nitrogens with one attached hydrogen (secondary N) is 1. The minimum atomic E-state index is -0.0190. The Kier molecular flexibility index (Phi) is 6.53. The molecule has 1 atom stereocenters. The van der Waals surface area contributed by atoms with E-state index in [9.17, 15) is 0 Å². The lowest BCUT2D eigenvalue weighted by Crippen LogP contribution is -2.27. The molecule has 1 N–H and O–H groups in total. The van der Waals surface area contributed by atoms with E-state index >= 15 is 0 Å². The molecule has 1 aromatic rings. The Balaban J connectivity index is 2.61. The summed E-state index contributed by atoms with van der Waals surface area (Å²) in [6.45, 7) is 5.25. The summed E-state index contributed by atoms with van der Waals surface area (Å²) in [5.41, 5.74) is 1.96. The van der Waals surface area contributed by atoms with Gasteiger partial charge in [0.25, 0.3) is 0 Å². The van der Waals surface area contributed by atoms with Gasteiger partial charge in [-0.05, 0) is 12.8 Å². The van der Waals surface area contributed by atoms with Gasteiger partial charge >= 0.3 is 0 Å². The quantitative estimate of drug-likeness (QED) is 0.748. The molecule has 0 radical (unpaired) electrons. The van der Waals surface area contributed by atoms with Crippen molar-refractivity contribution in [3.63, 3.8) is 0 Å². The van der Waals surface area contributed by atoms with Crippen LogP contribution in [0.25, 0.3) is 0 Å². The van der Waals surface area contributed by atoms with Crippen LogP contribution in [0.3, 0.4) is 0 Å². The van der Waals surface area contributed by atoms with Gasteiger partial charge in [0.15, 0.2) is 0 Å². The summed E-state index contributed by atoms with van der Waals surface area (Å²) in [6.07, 6.45) is 1.70. The van der Waals surface area contributed by atoms with Crippen molar-refractivity contribution in [3.8, 4) is 0 Å². The third-order valence-corrected chi connectivity index (χ3v) is 2.68. The summed E-state index contributed by atoms with van der Waals surface area (Å²) in [7, 11) is 3.30. The first-order valence-corrected chi connectivity index (χ1v) is 6.23. The minimum absolute atomic E-state index is 0.0190. The number of rotatable bonds is 8. The normalized spacial score (nSPS) is 12.4. The monoisotopic (exact) mass is 254 g/mol. The Bertz CT molecular complexity index is 360. The zero-order valence-electron chi connectivity index (χ0n) is 11.6. The van der Waals surface area contributed by atoms with Gasteiger partial charge in [0.1, 0.15) is 0 Å². The third kappa shape index (κ3) is 4.19. The molecule has 0 aliphatic carbocycles. The summed E-state index contributed by atoms with van der Waals surface area (Å²) in [5.74, 6) is 0.544. The van der Waals surface area contributed by atoms with Crippen molar-refractivity contribution in [2.24, 2.45) is 0 Å². The van der Waals surface area contributed by atoms with Crippen molar-refractivity contribution in [3.05, 3.63) is 11.4 Å². The Morgan fingerprint density at radius 2 is 1.83 bits per heavy atom. The fourth-order valence-electron chi connectivity index (χ4n) is 1.61. The number of methoxy groups -OCH3 is 2. The van der Waals surface area contributed by atoms with Gasteiger partial charge in [-0.3, -0.25) is 0 Å². The number of aryl methyl sites for hydroxylation is 2. The van der Waals surface area contributed by atoms with Gasteiger partial charge in [0, 0.05) is 20.8 Å². The molecule has 0 saturated carbocycles. The molecule has 0 bridgehead atoms. The van der Waals surface area contributed by atoms with E-state index in [1.807, 2.05) is 0 Å². The van der Waals surface area contributed by atoms with Crippen LogP contribution in [0.5, 0.6) is 0 Å². The first kappa shape index (κ1) is 14.8. The van der Waals surface area contributed by atoms with Crippen molar-refractivity contribution in [1.82, 2.24) is 15.2 Å². The average molecular weight is 254 g/mol. The minimum Gasteiger partial charge on any atom is -0.382 e. The zero-order valence-corrected chi connectivity index (χ0v) is 11.6. The van der Waals surface area contributed by atoms with Crippen molar-refractivity contribution < 1.29 is 9.47 Å². The van der Waals surface area contributed by atoms with Gasteiger partial charge < -0.3 is 14.8 Å². The SMILES string of the molecule is CCc1nnc(NCC(COC)OC)nc1CC. The number of aromatic nitrogens is 3. The van der Waals surface area contributed by atoms with Crippen LogP contribution in [0.15, 0.2) is 0 Å². The molecular formula is C12H22N4O2. The highest BCUT2D eigenvalue weighted by atomic mass is 16.5. The predicted molar refractivity (Wildman–Crippen MR) is 69.7 cm³/mol. The highest BCUT2D eigenvalue weighted by Crippen LogP contribution is 2.07. The van der Waals surface area contributed by atoms with E-state index in [0.29, 0.717) is 19.1 Å². The Morgan fingerprint density at radius 1 is 1.11 bits per heavy atom. The van der Waals surface area contributed by atoms with Crippen molar-refractivity contribution in [1.29, 1.82) is 0 Å². The standard InChI is InChI=1S/C12H22N4O2/c1-5-10-11(6-2)15-16-12(14-10)13-7-9(18-4)8-17-3/h9H,5-8H2,1-4H3,(H,13,14,16). The Morgan fingerprint density at radius 3 is 2.39 bits per heavy atom. The lowest BCUT2D eigenvalue weighted by molar-refractivity contribution is 0.0364. The summed E-state index contributed by atoms with van der Waals surface area (Å²) in [5, 5.41) is 11.3. The lowest BCUT2D eigenvalue weighted by atomic mass is 10.2. The molecule has 0 fully saturated rings. The van der Waals surface area contributed by atoms with Crippen molar-refractivity contribution in [2.45, 2.75) is 32.8 Å². The van der Waals surface area contributed by atoms with Crippen LogP contribution in [-0.2, 0) is 22.3 Å². The van der Waals surface area contributed by atoms with E-state index < -0.39 is 0 Å². The number of anilines is 1. The van der Waals surface area contributed by atoms with Gasteiger partial charge in [-0.2, -0.15) is 5.10 Å². The maximum atomic E-state index is 5.25. The van der Waals surface area contributed by atoms with E-state index in [0.717, 1.165) is 24.2 Å². The molecule has 0 aliphatic heterocycles. The van der Waals surface area contributed by atoms with Crippen LogP contribution in [0.1, 0.15) is 25.2 Å². The number of hydrogen-bond donors (Lipinski definition) is 1. The van der Waals surface area contributed by atoms with Gasteiger partial charge in [-0.1, -0.05) is 13.8 Å². The van der Waals surface area contributed by atoms with Crippen molar-refractivity contribution in [2.75, 3.05) is 32.7 Å². The number of hydrogen-bond acceptors (Lipinski definition) is 6.